The minimum absolute atomic E-state index is 0.00597. The van der Waals surface area contributed by atoms with Crippen LogP contribution in [0.25, 0.3) is 0 Å². The summed E-state index contributed by atoms with van der Waals surface area (Å²) in [6.45, 7) is 2.70. The van der Waals surface area contributed by atoms with Crippen LogP contribution >= 0.6 is 0 Å². The predicted molar refractivity (Wildman–Crippen MR) is 89.9 cm³/mol. The van der Waals surface area contributed by atoms with Gasteiger partial charge in [0.15, 0.2) is 11.6 Å². The minimum atomic E-state index is -0.934. The summed E-state index contributed by atoms with van der Waals surface area (Å²) in [5.74, 6) is -3.00. The van der Waals surface area contributed by atoms with E-state index in [2.05, 4.69) is 0 Å². The van der Waals surface area contributed by atoms with Gasteiger partial charge in [-0.25, -0.2) is 8.78 Å². The van der Waals surface area contributed by atoms with Gasteiger partial charge in [0, 0.05) is 38.2 Å². The largest absolute Gasteiger partial charge is 0.338 e. The van der Waals surface area contributed by atoms with Crippen LogP contribution in [-0.2, 0) is 20.9 Å². The molecule has 1 atom stereocenters. The molecule has 0 unspecified atom stereocenters. The Kier molecular flexibility index (Phi) is 5.07. The number of ketones is 1. The predicted octanol–water partition coefficient (Wildman–Crippen LogP) is 2.29. The van der Waals surface area contributed by atoms with E-state index < -0.39 is 28.7 Å². The lowest BCUT2D eigenvalue weighted by Gasteiger charge is -2.39. The summed E-state index contributed by atoms with van der Waals surface area (Å²) < 4.78 is 27.4. The number of amides is 2. The van der Waals surface area contributed by atoms with Crippen molar-refractivity contribution in [1.82, 2.24) is 9.80 Å². The molecule has 140 valence electrons. The van der Waals surface area contributed by atoms with Crippen molar-refractivity contribution < 1.29 is 23.2 Å². The van der Waals surface area contributed by atoms with E-state index in [0.717, 1.165) is 12.5 Å². The van der Waals surface area contributed by atoms with E-state index in [0.29, 0.717) is 25.9 Å². The first-order chi connectivity index (χ1) is 12.4. The number of halogens is 2. The van der Waals surface area contributed by atoms with Crippen LogP contribution in [0.15, 0.2) is 18.2 Å². The molecule has 1 spiro atoms. The van der Waals surface area contributed by atoms with E-state index in [9.17, 15) is 23.2 Å². The van der Waals surface area contributed by atoms with Gasteiger partial charge in [0.2, 0.25) is 11.7 Å². The Bertz CT molecular complexity index is 752. The molecule has 2 aliphatic rings. The first-order valence-corrected chi connectivity index (χ1v) is 8.92. The molecule has 5 nitrogen and oxygen atoms in total. The third-order valence-electron chi connectivity index (χ3n) is 5.42. The van der Waals surface area contributed by atoms with Crippen molar-refractivity contribution in [3.05, 3.63) is 35.4 Å². The number of hydrogen-bond acceptors (Lipinski definition) is 3. The molecule has 2 saturated heterocycles. The van der Waals surface area contributed by atoms with Gasteiger partial charge >= 0.3 is 0 Å². The summed E-state index contributed by atoms with van der Waals surface area (Å²) in [5.41, 5.74) is -0.575. The van der Waals surface area contributed by atoms with Gasteiger partial charge in [-0.05, 0) is 25.3 Å². The van der Waals surface area contributed by atoms with Crippen LogP contribution in [0.1, 0.15) is 38.2 Å². The van der Waals surface area contributed by atoms with E-state index in [1.165, 1.54) is 21.9 Å². The van der Waals surface area contributed by atoms with E-state index in [-0.39, 0.29) is 31.0 Å². The highest BCUT2D eigenvalue weighted by atomic mass is 19.2. The number of carbonyl (C=O) groups is 3. The number of nitrogens with zero attached hydrogens (tertiary/aromatic N) is 2. The summed E-state index contributed by atoms with van der Waals surface area (Å²) >= 11 is 0. The molecule has 2 amide bonds. The molecule has 26 heavy (non-hydrogen) atoms. The van der Waals surface area contributed by atoms with Crippen molar-refractivity contribution in [2.45, 2.75) is 39.2 Å². The summed E-state index contributed by atoms with van der Waals surface area (Å²) in [5, 5.41) is 0. The Morgan fingerprint density at radius 3 is 2.69 bits per heavy atom. The summed E-state index contributed by atoms with van der Waals surface area (Å²) in [7, 11) is 0. The molecule has 0 aliphatic carbocycles. The van der Waals surface area contributed by atoms with Gasteiger partial charge in [-0.1, -0.05) is 19.1 Å². The number of piperidine rings is 1. The second-order valence-corrected chi connectivity index (χ2v) is 7.08. The lowest BCUT2D eigenvalue weighted by Crippen LogP contribution is -2.50. The van der Waals surface area contributed by atoms with Crippen LogP contribution in [0.4, 0.5) is 8.78 Å². The molecule has 2 aliphatic heterocycles. The first-order valence-electron chi connectivity index (χ1n) is 8.92. The highest BCUT2D eigenvalue weighted by molar-refractivity contribution is 6.36. The van der Waals surface area contributed by atoms with Gasteiger partial charge in [0.25, 0.3) is 5.91 Å². The molecular weight excluding hydrogens is 342 g/mol. The van der Waals surface area contributed by atoms with Crippen LogP contribution in [0.5, 0.6) is 0 Å². The van der Waals surface area contributed by atoms with Gasteiger partial charge in [-0.15, -0.1) is 0 Å². The molecule has 1 aromatic rings. The fourth-order valence-electron chi connectivity index (χ4n) is 3.93. The third-order valence-corrected chi connectivity index (χ3v) is 5.42. The zero-order valence-electron chi connectivity index (χ0n) is 14.8. The number of Topliss-reactive ketones (excluding diaryl/α,β-unsaturated/α-hetero) is 1. The minimum Gasteiger partial charge on any atom is -0.338 e. The van der Waals surface area contributed by atoms with Gasteiger partial charge in [0.05, 0.1) is 5.41 Å². The van der Waals surface area contributed by atoms with Gasteiger partial charge in [0.1, 0.15) is 0 Å². The summed E-state index contributed by atoms with van der Waals surface area (Å²) in [6.07, 6.45) is 2.00. The van der Waals surface area contributed by atoms with Crippen molar-refractivity contribution in [1.29, 1.82) is 0 Å². The number of carbonyl (C=O) groups excluding carboxylic acids is 3. The van der Waals surface area contributed by atoms with E-state index in [1.807, 2.05) is 0 Å². The van der Waals surface area contributed by atoms with Gasteiger partial charge < -0.3 is 9.80 Å². The number of likely N-dealkylation sites (tertiary alicyclic amines) is 2. The standard InChI is InChI=1S/C19H22F2N2O3/c1-2-15(24)17(25)23-10-8-19(12-23)7-4-9-22(18(19)26)11-13-5-3-6-14(20)16(13)21/h3,5-6H,2,4,7-12H2,1H3/t19-/m0/s1. The lowest BCUT2D eigenvalue weighted by molar-refractivity contribution is -0.148. The third kappa shape index (κ3) is 3.22. The van der Waals surface area contributed by atoms with E-state index in [4.69, 9.17) is 0 Å². The van der Waals surface area contributed by atoms with Gasteiger partial charge in [-0.3, -0.25) is 14.4 Å². The lowest BCUT2D eigenvalue weighted by atomic mass is 9.78. The average molecular weight is 364 g/mol. The molecule has 0 radical (unpaired) electrons. The molecule has 0 bridgehead atoms. The maximum Gasteiger partial charge on any atom is 0.289 e. The Morgan fingerprint density at radius 1 is 1.19 bits per heavy atom. The molecule has 7 heteroatoms. The first kappa shape index (κ1) is 18.5. The number of rotatable bonds is 4. The van der Waals surface area contributed by atoms with Crippen LogP contribution in [0, 0.1) is 17.0 Å². The van der Waals surface area contributed by atoms with E-state index >= 15 is 0 Å². The van der Waals surface area contributed by atoms with Crippen LogP contribution in [0.3, 0.4) is 0 Å². The highest BCUT2D eigenvalue weighted by Crippen LogP contribution is 2.40. The van der Waals surface area contributed by atoms with Crippen molar-refractivity contribution in [2.24, 2.45) is 5.41 Å². The van der Waals surface area contributed by atoms with Crippen molar-refractivity contribution in [3.8, 4) is 0 Å². The smallest absolute Gasteiger partial charge is 0.289 e. The normalized spacial score (nSPS) is 23.0. The molecule has 3 rings (SSSR count). The van der Waals surface area contributed by atoms with Crippen LogP contribution in [-0.4, -0.2) is 47.0 Å². The monoisotopic (exact) mass is 364 g/mol. The Hall–Kier alpha value is -2.31. The van der Waals surface area contributed by atoms with Crippen LogP contribution in [0.2, 0.25) is 0 Å². The molecule has 0 N–H and O–H groups in total. The molecule has 2 fully saturated rings. The topological polar surface area (TPSA) is 57.7 Å². The maximum absolute atomic E-state index is 13.9. The molecule has 0 saturated carbocycles. The van der Waals surface area contributed by atoms with Crippen LogP contribution < -0.4 is 0 Å². The fourth-order valence-corrected chi connectivity index (χ4v) is 3.93. The van der Waals surface area contributed by atoms with Gasteiger partial charge in [-0.2, -0.15) is 0 Å². The molecule has 0 aromatic heterocycles. The second-order valence-electron chi connectivity index (χ2n) is 7.08. The maximum atomic E-state index is 13.9. The Morgan fingerprint density at radius 2 is 1.96 bits per heavy atom. The quantitative estimate of drug-likeness (QED) is 0.771. The number of benzene rings is 1. The second kappa shape index (κ2) is 7.13. The molecular formula is C19H22F2N2O3. The molecule has 2 heterocycles. The average Bonchev–Trinajstić information content (AvgIpc) is 3.06. The Labute approximate surface area is 150 Å². The van der Waals surface area contributed by atoms with E-state index in [1.54, 1.807) is 6.92 Å². The fraction of sp³-hybridized carbons (Fsp3) is 0.526. The molecule has 1 aromatic carbocycles. The zero-order chi connectivity index (χ0) is 18.9. The van der Waals surface area contributed by atoms with Crippen molar-refractivity contribution >= 4 is 17.6 Å². The number of hydrogen-bond donors (Lipinski definition) is 0. The Balaban J connectivity index is 1.75. The van der Waals surface area contributed by atoms with Crippen molar-refractivity contribution in [3.63, 3.8) is 0 Å². The zero-order valence-corrected chi connectivity index (χ0v) is 14.8. The van der Waals surface area contributed by atoms with Crippen molar-refractivity contribution in [2.75, 3.05) is 19.6 Å². The summed E-state index contributed by atoms with van der Waals surface area (Å²) in [6, 6.07) is 3.94. The summed E-state index contributed by atoms with van der Waals surface area (Å²) in [4.78, 5) is 39.8. The SMILES string of the molecule is CCC(=O)C(=O)N1CC[C@@]2(CCCN(Cc3cccc(F)c3F)C2=O)C1. The highest BCUT2D eigenvalue weighted by Gasteiger charge is 2.49.